The van der Waals surface area contributed by atoms with E-state index in [0.29, 0.717) is 31.9 Å². The van der Waals surface area contributed by atoms with Crippen LogP contribution in [0.1, 0.15) is 66.7 Å². The minimum Gasteiger partial charge on any atom is -0.439 e. The Balaban J connectivity index is 0.000000591. The molecule has 1 saturated heterocycles. The molecule has 2 fully saturated rings. The highest BCUT2D eigenvalue weighted by Gasteiger charge is 2.29. The van der Waals surface area contributed by atoms with E-state index in [9.17, 15) is 14.0 Å². The molecule has 0 aromatic rings. The van der Waals surface area contributed by atoms with Crippen molar-refractivity contribution in [2.75, 3.05) is 44.3 Å². The zero-order chi connectivity index (χ0) is 27.4. The first-order valence-corrected chi connectivity index (χ1v) is 14.9. The first-order valence-electron chi connectivity index (χ1n) is 13.8. The molecular weight excluding hydrogens is 489 g/mol. The van der Waals surface area contributed by atoms with Crippen LogP contribution in [0.25, 0.3) is 0 Å². The van der Waals surface area contributed by atoms with Gasteiger partial charge < -0.3 is 19.9 Å². The van der Waals surface area contributed by atoms with Crippen LogP contribution < -0.4 is 5.32 Å². The van der Waals surface area contributed by atoms with Crippen molar-refractivity contribution < 1.29 is 18.7 Å². The number of allylic oxidation sites excluding steroid dienone is 4. The number of alkyl carbamates (subject to hydrolysis) is 1. The lowest BCUT2D eigenvalue weighted by atomic mass is 9.79. The molecule has 2 heterocycles. The molecule has 2 amide bonds. The number of rotatable bonds is 5. The predicted molar refractivity (Wildman–Crippen MR) is 152 cm³/mol. The van der Waals surface area contributed by atoms with Crippen LogP contribution >= 0.6 is 11.8 Å². The van der Waals surface area contributed by atoms with E-state index < -0.39 is 6.09 Å². The molecule has 0 aromatic heterocycles. The Hall–Kier alpha value is -1.96. The maximum absolute atomic E-state index is 14.0. The third-order valence-electron chi connectivity index (χ3n) is 7.52. The fourth-order valence-corrected chi connectivity index (χ4v) is 5.58. The Morgan fingerprint density at radius 3 is 2.43 bits per heavy atom. The van der Waals surface area contributed by atoms with E-state index in [4.69, 9.17) is 4.74 Å². The first kappa shape index (κ1) is 31.3. The summed E-state index contributed by atoms with van der Waals surface area (Å²) in [6.45, 7) is 16.7. The zero-order valence-corrected chi connectivity index (χ0v) is 24.4. The fraction of sp³-hybridized carbons (Fsp3) is 0.724. The molecule has 1 N–H and O–H groups in total. The van der Waals surface area contributed by atoms with Crippen LogP contribution in [-0.2, 0) is 9.53 Å². The van der Waals surface area contributed by atoms with Crippen molar-refractivity contribution >= 4 is 23.8 Å². The average Bonchev–Trinajstić information content (AvgIpc) is 2.89. The quantitative estimate of drug-likeness (QED) is 0.455. The molecule has 210 valence electrons. The predicted octanol–water partition coefficient (Wildman–Crippen LogP) is 6.16. The van der Waals surface area contributed by atoms with Crippen LogP contribution in [0.15, 0.2) is 36.3 Å². The Labute approximate surface area is 228 Å². The summed E-state index contributed by atoms with van der Waals surface area (Å²) in [5.41, 5.74) is 0.493. The lowest BCUT2D eigenvalue weighted by Crippen LogP contribution is -2.46. The van der Waals surface area contributed by atoms with Crippen molar-refractivity contribution in [2.45, 2.75) is 72.8 Å². The summed E-state index contributed by atoms with van der Waals surface area (Å²) < 4.78 is 19.1. The molecule has 2 unspecified atom stereocenters. The Morgan fingerprint density at radius 1 is 1.19 bits per heavy atom. The molecule has 0 radical (unpaired) electrons. The van der Waals surface area contributed by atoms with Crippen molar-refractivity contribution in [3.05, 3.63) is 36.3 Å². The van der Waals surface area contributed by atoms with Gasteiger partial charge in [0.1, 0.15) is 5.83 Å². The minimum atomic E-state index is -0.618. The first-order chi connectivity index (χ1) is 17.5. The van der Waals surface area contributed by atoms with Gasteiger partial charge in [-0.2, -0.15) is 11.8 Å². The van der Waals surface area contributed by atoms with E-state index in [1.807, 2.05) is 30.5 Å². The van der Waals surface area contributed by atoms with Crippen molar-refractivity contribution in [3.63, 3.8) is 0 Å². The molecule has 3 rings (SSSR count). The van der Waals surface area contributed by atoms with Crippen LogP contribution in [-0.4, -0.2) is 72.1 Å². The number of carbonyl (C=O) groups is 2. The normalized spacial score (nSPS) is 25.7. The van der Waals surface area contributed by atoms with Gasteiger partial charge in [0, 0.05) is 49.4 Å². The molecule has 0 aromatic carbocycles. The van der Waals surface area contributed by atoms with Gasteiger partial charge in [0.15, 0.2) is 6.61 Å². The Kier molecular flexibility index (Phi) is 13.1. The maximum atomic E-state index is 14.0. The lowest BCUT2D eigenvalue weighted by Gasteiger charge is -2.38. The van der Waals surface area contributed by atoms with Crippen LogP contribution in [0.3, 0.4) is 0 Å². The summed E-state index contributed by atoms with van der Waals surface area (Å²) in [4.78, 5) is 28.0. The molecular formula is C29H48FN3O3S. The van der Waals surface area contributed by atoms with Gasteiger partial charge in [0.2, 0.25) is 0 Å². The molecule has 3 aliphatic rings. The van der Waals surface area contributed by atoms with Gasteiger partial charge in [0.05, 0.1) is 0 Å². The van der Waals surface area contributed by atoms with E-state index in [1.165, 1.54) is 38.2 Å². The molecule has 0 spiro atoms. The highest BCUT2D eigenvalue weighted by molar-refractivity contribution is 7.99. The van der Waals surface area contributed by atoms with Gasteiger partial charge in [-0.1, -0.05) is 66.4 Å². The van der Waals surface area contributed by atoms with Gasteiger partial charge in [-0.15, -0.1) is 0 Å². The summed E-state index contributed by atoms with van der Waals surface area (Å²) in [7, 11) is 0. The number of halogens is 1. The van der Waals surface area contributed by atoms with Crippen LogP contribution in [0.2, 0.25) is 0 Å². The van der Waals surface area contributed by atoms with E-state index in [-0.39, 0.29) is 35.7 Å². The maximum Gasteiger partial charge on any atom is 0.407 e. The van der Waals surface area contributed by atoms with E-state index >= 15 is 0 Å². The number of thioether (sulfide) groups is 1. The lowest BCUT2D eigenvalue weighted by molar-refractivity contribution is -0.133. The molecule has 37 heavy (non-hydrogen) atoms. The summed E-state index contributed by atoms with van der Waals surface area (Å²) >= 11 is 1.82. The highest BCUT2D eigenvalue weighted by Crippen LogP contribution is 2.32. The molecule has 2 aliphatic heterocycles. The Morgan fingerprint density at radius 2 is 1.84 bits per heavy atom. The van der Waals surface area contributed by atoms with Crippen molar-refractivity contribution in [1.82, 2.24) is 15.1 Å². The van der Waals surface area contributed by atoms with Crippen molar-refractivity contribution in [2.24, 2.45) is 17.3 Å². The topological polar surface area (TPSA) is 61.9 Å². The highest BCUT2D eigenvalue weighted by atomic mass is 32.2. The van der Waals surface area contributed by atoms with E-state index in [1.54, 1.807) is 17.1 Å². The number of hydrogen-bond donors (Lipinski definition) is 1. The second-order valence-corrected chi connectivity index (χ2v) is 12.6. The molecule has 2 atom stereocenters. The second kappa shape index (κ2) is 15.5. The van der Waals surface area contributed by atoms with Crippen LogP contribution in [0.5, 0.6) is 0 Å². The van der Waals surface area contributed by atoms with Gasteiger partial charge >= 0.3 is 6.09 Å². The smallest absolute Gasteiger partial charge is 0.407 e. The van der Waals surface area contributed by atoms with E-state index in [0.717, 1.165) is 17.4 Å². The molecule has 8 heteroatoms. The summed E-state index contributed by atoms with van der Waals surface area (Å²) in [6, 6.07) is -0.242. The summed E-state index contributed by atoms with van der Waals surface area (Å²) in [6.07, 6.45) is 11.5. The standard InChI is InChI=1S/C22H34FN3O3S.C7H14/c1-16-12-19(23)7-6-18(3)26(15-22(16,4)5)13-17(2)24-21(28)29-14-20(27)25-8-10-30-11-9-25;1-7-5-3-2-4-6-7/h6-7,12,16-17H,3,8-11,13-15H2,1-2,4-5H3,(H,24,28);7H,2-6H2,1H3/b7-6-,19-12+;. The molecule has 0 bridgehead atoms. The number of nitrogens with one attached hydrogen (secondary N) is 1. The number of nitrogens with zero attached hydrogens (tertiary/aromatic N) is 2. The largest absolute Gasteiger partial charge is 0.439 e. The fourth-order valence-electron chi connectivity index (χ4n) is 4.68. The number of hydrogen-bond acceptors (Lipinski definition) is 5. The molecule has 1 aliphatic carbocycles. The molecule has 1 saturated carbocycles. The zero-order valence-electron chi connectivity index (χ0n) is 23.6. The van der Waals surface area contributed by atoms with Crippen LogP contribution in [0, 0.1) is 17.3 Å². The van der Waals surface area contributed by atoms with Crippen molar-refractivity contribution in [3.8, 4) is 0 Å². The minimum absolute atomic E-state index is 0.0305. The van der Waals surface area contributed by atoms with Gasteiger partial charge in [-0.25, -0.2) is 9.18 Å². The number of carbonyl (C=O) groups excluding carboxylic acids is 2. The third kappa shape index (κ3) is 11.5. The van der Waals surface area contributed by atoms with Gasteiger partial charge in [-0.05, 0) is 42.4 Å². The SMILES string of the molecule is C=C1/C=C\C(F)=C/C(C)C(C)(C)CN1CC(C)NC(=O)OCC(=O)N1CCSCC1.CC1CCCCC1. The molecule has 6 nitrogen and oxygen atoms in total. The van der Waals surface area contributed by atoms with Crippen LogP contribution in [0.4, 0.5) is 9.18 Å². The Bertz CT molecular complexity index is 817. The second-order valence-electron chi connectivity index (χ2n) is 11.4. The van der Waals surface area contributed by atoms with Gasteiger partial charge in [0.25, 0.3) is 5.91 Å². The van der Waals surface area contributed by atoms with Crippen molar-refractivity contribution in [1.29, 1.82) is 0 Å². The average molecular weight is 538 g/mol. The monoisotopic (exact) mass is 537 g/mol. The summed E-state index contributed by atoms with van der Waals surface area (Å²) in [5.74, 6) is 2.46. The number of ether oxygens (including phenoxy) is 1. The van der Waals surface area contributed by atoms with Gasteiger partial charge in [-0.3, -0.25) is 4.79 Å². The summed E-state index contributed by atoms with van der Waals surface area (Å²) in [5, 5.41) is 2.78. The third-order valence-corrected chi connectivity index (χ3v) is 8.47. The number of amides is 2. The van der Waals surface area contributed by atoms with E-state index in [2.05, 4.69) is 32.7 Å².